The molecule has 1 aromatic carbocycles. The highest BCUT2D eigenvalue weighted by molar-refractivity contribution is 5.74. The molecule has 21 heavy (non-hydrogen) atoms. The number of nitrogens with zero attached hydrogens (tertiary/aromatic N) is 2. The van der Waals surface area contributed by atoms with E-state index in [1.165, 1.54) is 44.0 Å². The van der Waals surface area contributed by atoms with Crippen LogP contribution in [-0.2, 0) is 6.54 Å². The van der Waals surface area contributed by atoms with Crippen molar-refractivity contribution in [2.24, 2.45) is 5.92 Å². The molecule has 0 saturated heterocycles. The molecular formula is C18H27N3. The van der Waals surface area contributed by atoms with Gasteiger partial charge >= 0.3 is 0 Å². The zero-order valence-electron chi connectivity index (χ0n) is 13.1. The summed E-state index contributed by atoms with van der Waals surface area (Å²) in [6.45, 7) is 4.50. The van der Waals surface area contributed by atoms with Crippen LogP contribution in [0.4, 0.5) is 0 Å². The summed E-state index contributed by atoms with van der Waals surface area (Å²) < 4.78 is 2.27. The summed E-state index contributed by atoms with van der Waals surface area (Å²) in [6, 6.07) is 9.13. The second-order valence-corrected chi connectivity index (χ2v) is 6.37. The fourth-order valence-corrected chi connectivity index (χ4v) is 3.59. The van der Waals surface area contributed by atoms with E-state index in [1.807, 2.05) is 6.33 Å². The molecule has 2 aromatic rings. The summed E-state index contributed by atoms with van der Waals surface area (Å²) in [7, 11) is 0. The van der Waals surface area contributed by atoms with Crippen LogP contribution < -0.4 is 5.32 Å². The van der Waals surface area contributed by atoms with Crippen LogP contribution in [0.3, 0.4) is 0 Å². The number of aromatic nitrogens is 2. The summed E-state index contributed by atoms with van der Waals surface area (Å²) in [5, 5.41) is 3.76. The second-order valence-electron chi connectivity index (χ2n) is 6.37. The summed E-state index contributed by atoms with van der Waals surface area (Å²) >= 11 is 0. The van der Waals surface area contributed by atoms with Crippen LogP contribution in [0.5, 0.6) is 0 Å². The Hall–Kier alpha value is -1.35. The van der Waals surface area contributed by atoms with Gasteiger partial charge in [0.15, 0.2) is 0 Å². The molecule has 1 aromatic heterocycles. The minimum Gasteiger partial charge on any atom is -0.331 e. The molecule has 0 bridgehead atoms. The van der Waals surface area contributed by atoms with Crippen LogP contribution in [0.15, 0.2) is 30.6 Å². The third kappa shape index (κ3) is 3.65. The highest BCUT2D eigenvalue weighted by Crippen LogP contribution is 2.26. The van der Waals surface area contributed by atoms with E-state index in [1.54, 1.807) is 0 Å². The lowest BCUT2D eigenvalue weighted by Crippen LogP contribution is -2.34. The molecular weight excluding hydrogens is 258 g/mol. The molecule has 1 aliphatic carbocycles. The number of hydrogen-bond acceptors (Lipinski definition) is 2. The highest BCUT2D eigenvalue weighted by atomic mass is 15.0. The molecule has 1 N–H and O–H groups in total. The fraction of sp³-hybridized carbons (Fsp3) is 0.611. The predicted molar refractivity (Wildman–Crippen MR) is 88.4 cm³/mol. The average molecular weight is 285 g/mol. The standard InChI is InChI=1S/C18H27N3/c1-2-15-7-5-8-16(13-15)19-11-6-12-21-14-20-17-9-3-4-10-18(17)21/h3-4,9-10,14-16,19H,2,5-8,11-13H2,1H3. The molecule has 3 rings (SSSR count). The number of aryl methyl sites for hydroxylation is 1. The number of fused-ring (bicyclic) bond motifs is 1. The van der Waals surface area contributed by atoms with Gasteiger partial charge in [0, 0.05) is 12.6 Å². The molecule has 1 aliphatic rings. The first kappa shape index (κ1) is 14.6. The Morgan fingerprint density at radius 3 is 3.10 bits per heavy atom. The van der Waals surface area contributed by atoms with Gasteiger partial charge in [-0.15, -0.1) is 0 Å². The van der Waals surface area contributed by atoms with Crippen molar-refractivity contribution in [3.05, 3.63) is 30.6 Å². The largest absolute Gasteiger partial charge is 0.331 e. The van der Waals surface area contributed by atoms with Gasteiger partial charge in [-0.1, -0.05) is 38.3 Å². The third-order valence-electron chi connectivity index (χ3n) is 4.90. The van der Waals surface area contributed by atoms with Crippen molar-refractivity contribution in [3.63, 3.8) is 0 Å². The number of nitrogens with one attached hydrogen (secondary N) is 1. The minimum absolute atomic E-state index is 0.753. The van der Waals surface area contributed by atoms with Crippen molar-refractivity contribution in [1.29, 1.82) is 0 Å². The monoisotopic (exact) mass is 285 g/mol. The minimum atomic E-state index is 0.753. The molecule has 1 fully saturated rings. The van der Waals surface area contributed by atoms with Crippen LogP contribution in [0, 0.1) is 5.92 Å². The van der Waals surface area contributed by atoms with Crippen LogP contribution >= 0.6 is 0 Å². The first-order chi connectivity index (χ1) is 10.4. The van der Waals surface area contributed by atoms with Crippen molar-refractivity contribution in [3.8, 4) is 0 Å². The zero-order valence-corrected chi connectivity index (χ0v) is 13.1. The smallest absolute Gasteiger partial charge is 0.0958 e. The molecule has 0 radical (unpaired) electrons. The quantitative estimate of drug-likeness (QED) is 0.813. The van der Waals surface area contributed by atoms with Crippen molar-refractivity contribution in [2.75, 3.05) is 6.54 Å². The summed E-state index contributed by atoms with van der Waals surface area (Å²) in [5.41, 5.74) is 2.35. The van der Waals surface area contributed by atoms with Gasteiger partial charge in [0.25, 0.3) is 0 Å². The van der Waals surface area contributed by atoms with Gasteiger partial charge in [-0.2, -0.15) is 0 Å². The lowest BCUT2D eigenvalue weighted by Gasteiger charge is -2.29. The van der Waals surface area contributed by atoms with Gasteiger partial charge in [-0.25, -0.2) is 4.98 Å². The summed E-state index contributed by atoms with van der Waals surface area (Å²) in [5.74, 6) is 0.953. The van der Waals surface area contributed by atoms with Gasteiger partial charge in [-0.3, -0.25) is 0 Å². The van der Waals surface area contributed by atoms with E-state index in [4.69, 9.17) is 0 Å². The third-order valence-corrected chi connectivity index (χ3v) is 4.90. The normalized spacial score (nSPS) is 22.7. The molecule has 3 heteroatoms. The van der Waals surface area contributed by atoms with Crippen molar-refractivity contribution >= 4 is 11.0 Å². The Balaban J connectivity index is 1.44. The molecule has 2 atom stereocenters. The van der Waals surface area contributed by atoms with Gasteiger partial charge < -0.3 is 9.88 Å². The Bertz CT molecular complexity index is 560. The van der Waals surface area contributed by atoms with Gasteiger partial charge in [0.05, 0.1) is 17.4 Å². The molecule has 3 nitrogen and oxygen atoms in total. The Kier molecular flexibility index (Phi) is 4.91. The van der Waals surface area contributed by atoms with E-state index in [0.29, 0.717) is 0 Å². The van der Waals surface area contributed by atoms with Crippen molar-refractivity contribution < 1.29 is 0 Å². The average Bonchev–Trinajstić information content (AvgIpc) is 2.95. The Morgan fingerprint density at radius 2 is 2.19 bits per heavy atom. The molecule has 0 spiro atoms. The van der Waals surface area contributed by atoms with E-state index < -0.39 is 0 Å². The maximum Gasteiger partial charge on any atom is 0.0958 e. The lowest BCUT2D eigenvalue weighted by atomic mass is 9.84. The predicted octanol–water partition coefficient (Wildman–Crippen LogP) is 3.98. The molecule has 114 valence electrons. The van der Waals surface area contributed by atoms with E-state index in [9.17, 15) is 0 Å². The summed E-state index contributed by atoms with van der Waals surface area (Å²) in [6.07, 6.45) is 10.1. The maximum absolute atomic E-state index is 4.45. The molecule has 2 unspecified atom stereocenters. The Morgan fingerprint density at radius 1 is 1.29 bits per heavy atom. The maximum atomic E-state index is 4.45. The van der Waals surface area contributed by atoms with Gasteiger partial charge in [-0.05, 0) is 43.9 Å². The van der Waals surface area contributed by atoms with Gasteiger partial charge in [0.2, 0.25) is 0 Å². The number of para-hydroxylation sites is 2. The van der Waals surface area contributed by atoms with Crippen LogP contribution in [0.25, 0.3) is 11.0 Å². The topological polar surface area (TPSA) is 29.9 Å². The van der Waals surface area contributed by atoms with E-state index in [-0.39, 0.29) is 0 Å². The van der Waals surface area contributed by atoms with Crippen molar-refractivity contribution in [2.45, 2.75) is 58.0 Å². The zero-order chi connectivity index (χ0) is 14.5. The van der Waals surface area contributed by atoms with Crippen LogP contribution in [0.1, 0.15) is 45.4 Å². The lowest BCUT2D eigenvalue weighted by molar-refractivity contribution is 0.278. The van der Waals surface area contributed by atoms with E-state index in [0.717, 1.165) is 30.6 Å². The Labute approximate surface area is 127 Å². The molecule has 1 heterocycles. The van der Waals surface area contributed by atoms with E-state index in [2.05, 4.69) is 46.1 Å². The van der Waals surface area contributed by atoms with E-state index >= 15 is 0 Å². The molecule has 0 aliphatic heterocycles. The van der Waals surface area contributed by atoms with Gasteiger partial charge in [0.1, 0.15) is 0 Å². The molecule has 0 amide bonds. The fourth-order valence-electron chi connectivity index (χ4n) is 3.59. The second kappa shape index (κ2) is 7.08. The number of benzene rings is 1. The van der Waals surface area contributed by atoms with Crippen LogP contribution in [0.2, 0.25) is 0 Å². The first-order valence-corrected chi connectivity index (χ1v) is 8.50. The summed E-state index contributed by atoms with van der Waals surface area (Å²) in [4.78, 5) is 4.45. The van der Waals surface area contributed by atoms with Crippen LogP contribution in [-0.4, -0.2) is 22.1 Å². The van der Waals surface area contributed by atoms with Crippen molar-refractivity contribution in [1.82, 2.24) is 14.9 Å². The SMILES string of the molecule is CCC1CCCC(NCCCn2cnc3ccccc32)C1. The number of rotatable bonds is 6. The number of hydrogen-bond donors (Lipinski definition) is 1. The highest BCUT2D eigenvalue weighted by Gasteiger charge is 2.19. The first-order valence-electron chi connectivity index (χ1n) is 8.50. The molecule has 1 saturated carbocycles. The number of imidazole rings is 1.